The highest BCUT2D eigenvalue weighted by atomic mass is 31.2. The fourth-order valence-corrected chi connectivity index (χ4v) is 7.73. The van der Waals surface area contributed by atoms with Gasteiger partial charge in [0, 0.05) is 26.0 Å². The maximum Gasteiger partial charge on any atom is 0.477 e. The first kappa shape index (κ1) is 45.0. The van der Waals surface area contributed by atoms with Crippen LogP contribution in [0.5, 0.6) is 5.88 Å². The van der Waals surface area contributed by atoms with Crippen LogP contribution < -0.4 is 10.5 Å². The predicted octanol–water partition coefficient (Wildman–Crippen LogP) is 6.89. The van der Waals surface area contributed by atoms with Crippen LogP contribution in [0, 0.1) is 22.7 Å². The number of pyridine rings is 1. The number of aromatic nitrogens is 4. The second kappa shape index (κ2) is 23.5. The third kappa shape index (κ3) is 12.9. The third-order valence-electron chi connectivity index (χ3n) is 9.81. The molecule has 0 spiro atoms. The van der Waals surface area contributed by atoms with E-state index in [0.29, 0.717) is 17.7 Å². The minimum atomic E-state index is -4.58. The molecule has 0 aliphatic carbocycles. The fourth-order valence-electron chi connectivity index (χ4n) is 6.60. The smallest absolute Gasteiger partial charge is 0.475 e. The molecule has 0 aromatic carbocycles. The summed E-state index contributed by atoms with van der Waals surface area (Å²) in [6.45, 7) is 2.41. The van der Waals surface area contributed by atoms with Crippen molar-refractivity contribution in [3.63, 3.8) is 0 Å². The monoisotopic (exact) mass is 799 g/mol. The number of hydrogen-bond donors (Lipinski definition) is 3. The van der Waals surface area contributed by atoms with E-state index in [-0.39, 0.29) is 30.6 Å². The van der Waals surface area contributed by atoms with E-state index in [1.807, 2.05) is 12.1 Å². The molecule has 0 radical (unpaired) electrons. The average Bonchev–Trinajstić information content (AvgIpc) is 3.75. The Bertz CT molecular complexity index is 1730. The molecule has 16 nitrogen and oxygen atoms in total. The predicted molar refractivity (Wildman–Crippen MR) is 207 cm³/mol. The molecule has 1 aliphatic heterocycles. The summed E-state index contributed by atoms with van der Waals surface area (Å²) in [7, 11) is -3.50. The van der Waals surface area contributed by atoms with Crippen LogP contribution in [0.25, 0.3) is 5.52 Å². The highest BCUT2D eigenvalue weighted by Crippen LogP contribution is 2.54. The third-order valence-corrected chi connectivity index (χ3v) is 11.3. The van der Waals surface area contributed by atoms with E-state index >= 15 is 0 Å². The Morgan fingerprint density at radius 1 is 0.929 bits per heavy atom. The summed E-state index contributed by atoms with van der Waals surface area (Å²) in [5.74, 6) is 0.294. The van der Waals surface area contributed by atoms with Gasteiger partial charge in [0.15, 0.2) is 12.1 Å². The van der Waals surface area contributed by atoms with Crippen LogP contribution in [-0.2, 0) is 33.2 Å². The number of fused-ring (bicyclic) bond motifs is 1. The fraction of sp³-hybridized carbons (Fsp3) is 0.667. The number of nitrogens with zero attached hydrogens (tertiary/aromatic N) is 6. The molecular formula is C39H58N7O9P. The van der Waals surface area contributed by atoms with Crippen molar-refractivity contribution in [2.75, 3.05) is 32.7 Å². The molecular weight excluding hydrogens is 741 g/mol. The second-order valence-corrected chi connectivity index (χ2v) is 15.8. The molecule has 0 amide bonds. The van der Waals surface area contributed by atoms with Gasteiger partial charge in [0.05, 0.1) is 17.9 Å². The highest BCUT2D eigenvalue weighted by Gasteiger charge is 2.60. The molecule has 3 aromatic heterocycles. The molecule has 56 heavy (non-hydrogen) atoms. The van der Waals surface area contributed by atoms with Gasteiger partial charge in [0.1, 0.15) is 48.9 Å². The zero-order chi connectivity index (χ0) is 40.2. The summed E-state index contributed by atoms with van der Waals surface area (Å²) < 4.78 is 49.1. The Labute approximate surface area is 329 Å². The van der Waals surface area contributed by atoms with Crippen molar-refractivity contribution in [3.8, 4) is 18.0 Å². The van der Waals surface area contributed by atoms with Crippen molar-refractivity contribution in [3.05, 3.63) is 48.0 Å². The maximum atomic E-state index is 13.9. The van der Waals surface area contributed by atoms with Gasteiger partial charge in [-0.3, -0.25) is 13.6 Å². The quantitative estimate of drug-likeness (QED) is 0.0502. The van der Waals surface area contributed by atoms with E-state index in [2.05, 4.69) is 22.0 Å². The van der Waals surface area contributed by atoms with Gasteiger partial charge >= 0.3 is 7.82 Å². The molecule has 1 aliphatic rings. The number of hydrogen-bond acceptors (Lipinski definition) is 15. The molecule has 6 atom stereocenters. The lowest BCUT2D eigenvalue weighted by molar-refractivity contribution is -0.147. The molecule has 308 valence electrons. The normalized spacial score (nSPS) is 21.1. The van der Waals surface area contributed by atoms with Crippen LogP contribution >= 0.6 is 7.82 Å². The number of nitrogens with two attached hydrogens (primary N) is 1. The number of anilines is 1. The zero-order valence-corrected chi connectivity index (χ0v) is 33.6. The number of aliphatic hydroxyl groups is 2. The Hall–Kier alpha value is -3.70. The van der Waals surface area contributed by atoms with Crippen LogP contribution in [0.4, 0.5) is 5.82 Å². The molecule has 4 N–H and O–H groups in total. The van der Waals surface area contributed by atoms with Crippen LogP contribution in [-0.4, -0.2) is 81.3 Å². The summed E-state index contributed by atoms with van der Waals surface area (Å²) in [6, 6.07) is 9.89. The van der Waals surface area contributed by atoms with Gasteiger partial charge in [-0.1, -0.05) is 103 Å². The van der Waals surface area contributed by atoms with Crippen LogP contribution in [0.15, 0.2) is 36.8 Å². The van der Waals surface area contributed by atoms with E-state index in [1.54, 1.807) is 0 Å². The van der Waals surface area contributed by atoms with Crippen LogP contribution in [0.2, 0.25) is 0 Å². The Balaban J connectivity index is 1.25. The van der Waals surface area contributed by atoms with Crippen molar-refractivity contribution >= 4 is 19.2 Å². The van der Waals surface area contributed by atoms with Gasteiger partial charge in [-0.2, -0.15) is 15.6 Å². The number of nitrogen functional groups attached to an aromatic ring is 1. The van der Waals surface area contributed by atoms with E-state index in [1.165, 1.54) is 118 Å². The SMILES string of the molecule is CCCCCCCCCCCCCCCCCCOC[C@H](COc1ccc(C#N)cn1)OP(=O)(OC)O[C@H]1O[C@@](C#N)(c2ccc3c(N)ncnn23)[C@H](O)[C@@H]1O. The summed E-state index contributed by atoms with van der Waals surface area (Å²) in [5.41, 5.74) is 4.43. The van der Waals surface area contributed by atoms with Gasteiger partial charge in [0.25, 0.3) is 0 Å². The standard InChI is InChI=1S/C39H58N7O9P/c1-3-4-5-6-7-8-9-10-11-12-13-14-15-16-17-18-23-51-26-31(27-52-34-22-19-30(24-40)25-43-34)54-56(49,50-2)55-38-35(47)36(48)39(28-41,53-38)33-21-20-32-37(42)44-29-45-46(32)33/h19-22,25,29,31,35-36,38,47-48H,3-18,23,26-27H2,1-2H3,(H2,42,44,45)/t31-,35+,36-,38-,39+,56?/m1/s1. The maximum absolute atomic E-state index is 13.9. The van der Waals surface area contributed by atoms with E-state index < -0.39 is 38.0 Å². The van der Waals surface area contributed by atoms with Crippen molar-refractivity contribution in [1.82, 2.24) is 19.6 Å². The van der Waals surface area contributed by atoms with Crippen LogP contribution in [0.1, 0.15) is 121 Å². The molecule has 17 heteroatoms. The second-order valence-electron chi connectivity index (χ2n) is 14.1. The van der Waals surface area contributed by atoms with E-state index in [4.69, 9.17) is 38.8 Å². The molecule has 1 fully saturated rings. The lowest BCUT2D eigenvalue weighted by atomic mass is 9.93. The Morgan fingerprint density at radius 3 is 2.14 bits per heavy atom. The van der Waals surface area contributed by atoms with Gasteiger partial charge in [-0.05, 0) is 24.6 Å². The molecule has 1 unspecified atom stereocenters. The minimum absolute atomic E-state index is 0.0265. The minimum Gasteiger partial charge on any atom is -0.475 e. The zero-order valence-electron chi connectivity index (χ0n) is 32.7. The number of phosphoric ester groups is 1. The first-order valence-corrected chi connectivity index (χ1v) is 21.3. The van der Waals surface area contributed by atoms with Crippen molar-refractivity contribution in [2.45, 2.75) is 140 Å². The number of unbranched alkanes of at least 4 members (excludes halogenated alkanes) is 15. The first-order chi connectivity index (χ1) is 27.2. The summed E-state index contributed by atoms with van der Waals surface area (Å²) in [5, 5.41) is 45.5. The van der Waals surface area contributed by atoms with Crippen molar-refractivity contribution < 1.29 is 42.6 Å². The van der Waals surface area contributed by atoms with Crippen LogP contribution in [0.3, 0.4) is 0 Å². The number of nitriles is 2. The van der Waals surface area contributed by atoms with Crippen molar-refractivity contribution in [1.29, 1.82) is 10.5 Å². The lowest BCUT2D eigenvalue weighted by Crippen LogP contribution is -2.40. The Morgan fingerprint density at radius 2 is 1.57 bits per heavy atom. The van der Waals surface area contributed by atoms with E-state index in [0.717, 1.165) is 32.7 Å². The summed E-state index contributed by atoms with van der Waals surface area (Å²) in [4.78, 5) is 8.02. The van der Waals surface area contributed by atoms with Gasteiger partial charge in [0.2, 0.25) is 11.5 Å². The summed E-state index contributed by atoms with van der Waals surface area (Å²) >= 11 is 0. The number of phosphoric acid groups is 1. The lowest BCUT2D eigenvalue weighted by Gasteiger charge is -2.26. The molecule has 3 aromatic rings. The van der Waals surface area contributed by atoms with Gasteiger partial charge in [-0.15, -0.1) is 0 Å². The number of rotatable bonds is 28. The first-order valence-electron chi connectivity index (χ1n) is 19.8. The van der Waals surface area contributed by atoms with Gasteiger partial charge in [-0.25, -0.2) is 19.0 Å². The molecule has 4 heterocycles. The molecule has 1 saturated heterocycles. The summed E-state index contributed by atoms with van der Waals surface area (Å²) in [6.07, 6.45) is 16.0. The van der Waals surface area contributed by atoms with Gasteiger partial charge < -0.3 is 30.2 Å². The largest absolute Gasteiger partial charge is 0.477 e. The Kier molecular flexibility index (Phi) is 18.9. The van der Waals surface area contributed by atoms with Crippen molar-refractivity contribution in [2.24, 2.45) is 0 Å². The van der Waals surface area contributed by atoms with E-state index in [9.17, 15) is 20.0 Å². The number of ether oxygens (including phenoxy) is 3. The molecule has 4 rings (SSSR count). The average molecular weight is 800 g/mol. The number of aliphatic hydroxyl groups excluding tert-OH is 2. The topological polar surface area (TPSA) is 230 Å². The highest BCUT2D eigenvalue weighted by molar-refractivity contribution is 7.48. The molecule has 0 bridgehead atoms. The molecule has 0 saturated carbocycles.